The first-order chi connectivity index (χ1) is 13.0. The van der Waals surface area contributed by atoms with E-state index in [1.807, 2.05) is 36.1 Å². The first-order valence-corrected chi connectivity index (χ1v) is 9.48. The van der Waals surface area contributed by atoms with Crippen molar-refractivity contribution in [2.45, 2.75) is 13.0 Å². The number of morpholine rings is 1. The molecule has 144 valence electrons. The summed E-state index contributed by atoms with van der Waals surface area (Å²) in [6, 6.07) is 7.44. The molecule has 1 saturated heterocycles. The van der Waals surface area contributed by atoms with E-state index in [2.05, 4.69) is 10.2 Å². The first kappa shape index (κ1) is 18.0. The summed E-state index contributed by atoms with van der Waals surface area (Å²) in [6.45, 7) is 7.31. The second-order valence-electron chi connectivity index (χ2n) is 7.39. The Balaban J connectivity index is 1.53. The standard InChI is InChI=1S/C20H26N4O3/c1-14-3-5-15(6-4-14)18-17-16(22(2)20(26)21-18)13-24(19(17)25)8-7-23-9-11-27-12-10-23/h3-6,18H,7-13H2,1-2H3,(H,21,26)/t18-/m1/s1. The minimum absolute atomic E-state index is 0.0238. The number of likely N-dealkylation sites (N-methyl/N-ethyl adjacent to an activating group) is 1. The molecule has 0 spiro atoms. The number of amides is 3. The van der Waals surface area contributed by atoms with E-state index in [-0.39, 0.29) is 18.0 Å². The zero-order valence-electron chi connectivity index (χ0n) is 15.9. The third-order valence-electron chi connectivity index (χ3n) is 5.64. The highest BCUT2D eigenvalue weighted by molar-refractivity contribution is 6.01. The van der Waals surface area contributed by atoms with Gasteiger partial charge < -0.3 is 15.0 Å². The Morgan fingerprint density at radius 1 is 1.11 bits per heavy atom. The lowest BCUT2D eigenvalue weighted by Crippen LogP contribution is -2.45. The van der Waals surface area contributed by atoms with E-state index < -0.39 is 0 Å². The lowest BCUT2D eigenvalue weighted by atomic mass is 9.95. The summed E-state index contributed by atoms with van der Waals surface area (Å²) >= 11 is 0. The summed E-state index contributed by atoms with van der Waals surface area (Å²) in [5, 5.41) is 2.98. The van der Waals surface area contributed by atoms with E-state index in [1.165, 1.54) is 0 Å². The van der Waals surface area contributed by atoms with Crippen molar-refractivity contribution in [3.8, 4) is 0 Å². The van der Waals surface area contributed by atoms with Crippen molar-refractivity contribution >= 4 is 11.9 Å². The van der Waals surface area contributed by atoms with Gasteiger partial charge in [-0.15, -0.1) is 0 Å². The molecular weight excluding hydrogens is 344 g/mol. The zero-order valence-corrected chi connectivity index (χ0v) is 15.9. The molecule has 0 aromatic heterocycles. The van der Waals surface area contributed by atoms with Crippen LogP contribution in [-0.2, 0) is 9.53 Å². The van der Waals surface area contributed by atoms with Gasteiger partial charge in [0, 0.05) is 33.2 Å². The molecule has 3 aliphatic rings. The Morgan fingerprint density at radius 2 is 1.81 bits per heavy atom. The molecule has 7 nitrogen and oxygen atoms in total. The molecule has 0 bridgehead atoms. The van der Waals surface area contributed by atoms with E-state index in [0.717, 1.165) is 49.7 Å². The zero-order chi connectivity index (χ0) is 19.0. The molecule has 1 fully saturated rings. The molecule has 1 N–H and O–H groups in total. The average Bonchev–Trinajstić information content (AvgIpc) is 3.01. The number of nitrogens with one attached hydrogen (secondary N) is 1. The van der Waals surface area contributed by atoms with Gasteiger partial charge in [-0.2, -0.15) is 0 Å². The summed E-state index contributed by atoms with van der Waals surface area (Å²) in [4.78, 5) is 31.4. The number of carbonyl (C=O) groups is 2. The number of benzene rings is 1. The van der Waals surface area contributed by atoms with Crippen molar-refractivity contribution in [3.63, 3.8) is 0 Å². The largest absolute Gasteiger partial charge is 0.379 e. The van der Waals surface area contributed by atoms with Gasteiger partial charge in [0.05, 0.1) is 37.1 Å². The third kappa shape index (κ3) is 3.44. The Morgan fingerprint density at radius 3 is 2.52 bits per heavy atom. The van der Waals surface area contributed by atoms with Crippen LogP contribution in [0.2, 0.25) is 0 Å². The van der Waals surface area contributed by atoms with Crippen LogP contribution in [0.15, 0.2) is 35.5 Å². The normalized spacial score (nSPS) is 23.7. The monoisotopic (exact) mass is 370 g/mol. The lowest BCUT2D eigenvalue weighted by molar-refractivity contribution is -0.126. The predicted octanol–water partition coefficient (Wildman–Crippen LogP) is 1.12. The summed E-state index contributed by atoms with van der Waals surface area (Å²) in [5.74, 6) is 0.0238. The number of aryl methyl sites for hydroxylation is 1. The summed E-state index contributed by atoms with van der Waals surface area (Å²) in [6.07, 6.45) is 0. The maximum atomic E-state index is 13.2. The maximum absolute atomic E-state index is 13.2. The highest BCUT2D eigenvalue weighted by atomic mass is 16.5. The molecule has 0 unspecified atom stereocenters. The van der Waals surface area contributed by atoms with Crippen molar-refractivity contribution in [3.05, 3.63) is 46.7 Å². The van der Waals surface area contributed by atoms with E-state index in [1.54, 1.807) is 11.9 Å². The number of rotatable bonds is 4. The minimum atomic E-state index is -0.384. The van der Waals surface area contributed by atoms with E-state index in [9.17, 15) is 9.59 Å². The van der Waals surface area contributed by atoms with E-state index in [0.29, 0.717) is 18.7 Å². The van der Waals surface area contributed by atoms with Crippen LogP contribution in [0.1, 0.15) is 17.2 Å². The number of urea groups is 1. The van der Waals surface area contributed by atoms with E-state index in [4.69, 9.17) is 4.74 Å². The molecule has 3 aliphatic heterocycles. The Kier molecular flexibility index (Phi) is 4.88. The van der Waals surface area contributed by atoms with Gasteiger partial charge in [0.25, 0.3) is 5.91 Å². The van der Waals surface area contributed by atoms with Crippen LogP contribution in [0.25, 0.3) is 0 Å². The van der Waals surface area contributed by atoms with Crippen LogP contribution >= 0.6 is 0 Å². The number of hydrogen-bond donors (Lipinski definition) is 1. The Labute approximate surface area is 159 Å². The molecule has 1 aromatic carbocycles. The number of carbonyl (C=O) groups excluding carboxylic acids is 2. The number of ether oxygens (including phenoxy) is 1. The molecule has 3 amide bonds. The predicted molar refractivity (Wildman–Crippen MR) is 101 cm³/mol. The molecule has 27 heavy (non-hydrogen) atoms. The van der Waals surface area contributed by atoms with Crippen molar-refractivity contribution in [2.75, 3.05) is 53.0 Å². The first-order valence-electron chi connectivity index (χ1n) is 9.48. The molecule has 7 heteroatoms. The average molecular weight is 370 g/mol. The molecule has 0 aliphatic carbocycles. The molecule has 1 aromatic rings. The minimum Gasteiger partial charge on any atom is -0.379 e. The summed E-state index contributed by atoms with van der Waals surface area (Å²) in [7, 11) is 1.73. The van der Waals surface area contributed by atoms with Gasteiger partial charge in [0.2, 0.25) is 0 Å². The van der Waals surface area contributed by atoms with Gasteiger partial charge in [-0.25, -0.2) is 4.79 Å². The van der Waals surface area contributed by atoms with Crippen molar-refractivity contribution in [1.29, 1.82) is 0 Å². The van der Waals surface area contributed by atoms with E-state index >= 15 is 0 Å². The summed E-state index contributed by atoms with van der Waals surface area (Å²) in [5.41, 5.74) is 3.61. The molecule has 1 atom stereocenters. The third-order valence-corrected chi connectivity index (χ3v) is 5.64. The lowest BCUT2D eigenvalue weighted by Gasteiger charge is -2.31. The van der Waals surface area contributed by atoms with Gasteiger partial charge >= 0.3 is 6.03 Å². The van der Waals surface area contributed by atoms with Gasteiger partial charge in [0.1, 0.15) is 0 Å². The van der Waals surface area contributed by atoms with Crippen LogP contribution in [0.3, 0.4) is 0 Å². The topological polar surface area (TPSA) is 65.1 Å². The fourth-order valence-electron chi connectivity index (χ4n) is 3.90. The van der Waals surface area contributed by atoms with Crippen LogP contribution < -0.4 is 5.32 Å². The number of hydrogen-bond acceptors (Lipinski definition) is 4. The SMILES string of the molecule is Cc1ccc([C@H]2NC(=O)N(C)C3=C2C(=O)N(CCN2CCOCC2)C3)cc1. The quantitative estimate of drug-likeness (QED) is 0.863. The molecular formula is C20H26N4O3. The second-order valence-corrected chi connectivity index (χ2v) is 7.39. The Bertz CT molecular complexity index is 768. The highest BCUT2D eigenvalue weighted by Gasteiger charge is 2.42. The van der Waals surface area contributed by atoms with Crippen LogP contribution in [0.4, 0.5) is 4.79 Å². The van der Waals surface area contributed by atoms with Gasteiger partial charge in [-0.1, -0.05) is 29.8 Å². The maximum Gasteiger partial charge on any atom is 0.322 e. The van der Waals surface area contributed by atoms with Gasteiger partial charge in [-0.3, -0.25) is 14.6 Å². The Hall–Kier alpha value is -2.38. The van der Waals surface area contributed by atoms with Crippen molar-refractivity contribution < 1.29 is 14.3 Å². The summed E-state index contributed by atoms with van der Waals surface area (Å²) < 4.78 is 5.38. The second kappa shape index (κ2) is 7.32. The molecule has 3 heterocycles. The van der Waals surface area contributed by atoms with Crippen LogP contribution in [-0.4, -0.2) is 79.6 Å². The fraction of sp³-hybridized carbons (Fsp3) is 0.500. The molecule has 0 radical (unpaired) electrons. The van der Waals surface area contributed by atoms with Gasteiger partial charge in [0.15, 0.2) is 0 Å². The fourth-order valence-corrected chi connectivity index (χ4v) is 3.90. The van der Waals surface area contributed by atoms with Gasteiger partial charge in [-0.05, 0) is 12.5 Å². The van der Waals surface area contributed by atoms with Crippen LogP contribution in [0, 0.1) is 6.92 Å². The van der Waals surface area contributed by atoms with Crippen LogP contribution in [0.5, 0.6) is 0 Å². The van der Waals surface area contributed by atoms with Crippen molar-refractivity contribution in [2.24, 2.45) is 0 Å². The highest BCUT2D eigenvalue weighted by Crippen LogP contribution is 2.35. The number of nitrogens with zero attached hydrogens (tertiary/aromatic N) is 3. The smallest absolute Gasteiger partial charge is 0.322 e. The molecule has 0 saturated carbocycles. The van der Waals surface area contributed by atoms with Crippen molar-refractivity contribution in [1.82, 2.24) is 20.0 Å². The molecule has 4 rings (SSSR count).